The van der Waals surface area contributed by atoms with Crippen LogP contribution >= 0.6 is 25.0 Å². The molecule has 2 aliphatic rings. The number of hydrogen-bond donors (Lipinski definition) is 1. The number of benzene rings is 1. The highest BCUT2D eigenvalue weighted by molar-refractivity contribution is 7.81. The molecule has 1 aromatic carbocycles. The molecule has 7 nitrogen and oxygen atoms in total. The Labute approximate surface area is 197 Å². The molecule has 0 N–H and O–H groups in total. The maximum atomic E-state index is 14.7. The minimum absolute atomic E-state index is 0. The van der Waals surface area contributed by atoms with Gasteiger partial charge < -0.3 is 4.74 Å². The molecule has 2 unspecified atom stereocenters. The van der Waals surface area contributed by atoms with Crippen LogP contribution in [0.4, 0.5) is 4.39 Å². The molecule has 172 valence electrons. The molecule has 0 bridgehead atoms. The highest BCUT2D eigenvalue weighted by Crippen LogP contribution is 2.39. The number of Topliss-reactive ketones (excluding diaryl/α,β-unsaturated/α-hetero) is 1. The van der Waals surface area contributed by atoms with Crippen LogP contribution in [-0.4, -0.2) is 57.1 Å². The molecule has 1 saturated heterocycles. The third-order valence-electron chi connectivity index (χ3n) is 5.81. The Bertz CT molecular complexity index is 1010. The van der Waals surface area contributed by atoms with Crippen molar-refractivity contribution in [3.8, 4) is 0 Å². The number of rotatable bonds is 7. The van der Waals surface area contributed by atoms with Gasteiger partial charge in [0.05, 0.1) is 25.0 Å². The van der Waals surface area contributed by atoms with Crippen LogP contribution in [-0.2, 0) is 20.9 Å². The van der Waals surface area contributed by atoms with Crippen LogP contribution < -0.4 is 0 Å². The molecular weight excluding hydrogens is 455 g/mol. The summed E-state index contributed by atoms with van der Waals surface area (Å²) in [7, 11) is 1.32. The summed E-state index contributed by atoms with van der Waals surface area (Å²) in [4.78, 5) is 26.8. The van der Waals surface area contributed by atoms with E-state index in [1.54, 1.807) is 24.4 Å². The molecule has 32 heavy (non-hydrogen) atoms. The predicted molar refractivity (Wildman–Crippen MR) is 123 cm³/mol. The number of carbonyl (C=O) groups is 2. The number of ketones is 1. The number of methoxy groups -OCH3 is 1. The van der Waals surface area contributed by atoms with Gasteiger partial charge in [-0.05, 0) is 37.0 Å². The number of halogens is 2. The average molecular weight is 481 g/mol. The van der Waals surface area contributed by atoms with E-state index in [1.807, 2.05) is 11.0 Å². The maximum absolute atomic E-state index is 14.7. The fourth-order valence-electron chi connectivity index (χ4n) is 3.95. The lowest BCUT2D eigenvalue weighted by molar-refractivity contribution is -0.141. The van der Waals surface area contributed by atoms with E-state index in [1.165, 1.54) is 17.9 Å². The van der Waals surface area contributed by atoms with Gasteiger partial charge in [-0.3, -0.25) is 14.5 Å². The van der Waals surface area contributed by atoms with Crippen LogP contribution in [0, 0.1) is 11.7 Å². The summed E-state index contributed by atoms with van der Waals surface area (Å²) in [5.74, 6) is -0.691. The first-order valence-corrected chi connectivity index (χ1v) is 10.9. The van der Waals surface area contributed by atoms with Crippen molar-refractivity contribution in [2.75, 3.05) is 20.2 Å². The molecule has 0 amide bonds. The topological polar surface area (TPSA) is 77.3 Å². The van der Waals surface area contributed by atoms with E-state index in [9.17, 15) is 14.0 Å². The molecule has 0 spiro atoms. The number of aromatic nitrogens is 3. The molecule has 4 rings (SSSR count). The summed E-state index contributed by atoms with van der Waals surface area (Å²) >= 11 is 4.72. The third-order valence-corrected chi connectivity index (χ3v) is 6.39. The van der Waals surface area contributed by atoms with E-state index in [4.69, 9.17) is 17.4 Å². The van der Waals surface area contributed by atoms with Gasteiger partial charge >= 0.3 is 5.97 Å². The number of piperidine rings is 1. The average Bonchev–Trinajstić information content (AvgIpc) is 3.53. The van der Waals surface area contributed by atoms with E-state index in [0.29, 0.717) is 24.3 Å². The standard InChI is InChI=1S/C22H25FN4O3S.ClH/c1-30-20(28)13-27-16(11-24-25-27)10-15-12-26(9-8-19(15)31)21(22(29)14-6-7-14)17-4-2-3-5-18(17)23;/h2-5,10-11,14,19,21,31H,6-9,12-13H2,1H3;1H. The summed E-state index contributed by atoms with van der Waals surface area (Å²) in [6, 6.07) is 5.90. The molecule has 2 aromatic rings. The minimum Gasteiger partial charge on any atom is -0.468 e. The van der Waals surface area contributed by atoms with Crippen LogP contribution in [0.1, 0.15) is 36.6 Å². The lowest BCUT2D eigenvalue weighted by Crippen LogP contribution is -2.42. The van der Waals surface area contributed by atoms with E-state index in [0.717, 1.165) is 24.8 Å². The summed E-state index contributed by atoms with van der Waals surface area (Å²) < 4.78 is 20.8. The Morgan fingerprint density at radius 1 is 1.31 bits per heavy atom. The van der Waals surface area contributed by atoms with Crippen LogP contribution in [0.3, 0.4) is 0 Å². The van der Waals surface area contributed by atoms with Crippen molar-refractivity contribution in [2.45, 2.75) is 37.1 Å². The van der Waals surface area contributed by atoms with Gasteiger partial charge in [0, 0.05) is 29.8 Å². The van der Waals surface area contributed by atoms with Crippen LogP contribution in [0.25, 0.3) is 6.08 Å². The predicted octanol–water partition coefficient (Wildman–Crippen LogP) is 3.12. The second-order valence-corrected chi connectivity index (χ2v) is 8.61. The smallest absolute Gasteiger partial charge is 0.327 e. The number of esters is 1. The van der Waals surface area contributed by atoms with Crippen molar-refractivity contribution < 1.29 is 18.7 Å². The van der Waals surface area contributed by atoms with Gasteiger partial charge in [0.1, 0.15) is 12.4 Å². The number of ether oxygens (including phenoxy) is 1. The highest BCUT2D eigenvalue weighted by atomic mass is 35.5. The maximum Gasteiger partial charge on any atom is 0.327 e. The first-order valence-electron chi connectivity index (χ1n) is 10.3. The van der Waals surface area contributed by atoms with Crippen molar-refractivity contribution in [2.24, 2.45) is 5.92 Å². The molecular formula is C22H26ClFN4O3S. The quantitative estimate of drug-likeness (QED) is 0.484. The zero-order valence-electron chi connectivity index (χ0n) is 17.7. The summed E-state index contributed by atoms with van der Waals surface area (Å²) in [5, 5.41) is 7.82. The van der Waals surface area contributed by atoms with Crippen molar-refractivity contribution in [3.05, 3.63) is 53.1 Å². The van der Waals surface area contributed by atoms with E-state index < -0.39 is 12.0 Å². The van der Waals surface area contributed by atoms with Crippen molar-refractivity contribution in [3.63, 3.8) is 0 Å². The van der Waals surface area contributed by atoms with Gasteiger partial charge in [0.25, 0.3) is 0 Å². The molecule has 2 fully saturated rings. The van der Waals surface area contributed by atoms with Crippen LogP contribution in [0.15, 0.2) is 36.0 Å². The van der Waals surface area contributed by atoms with Crippen molar-refractivity contribution >= 4 is 42.9 Å². The normalized spacial score (nSPS) is 21.1. The largest absolute Gasteiger partial charge is 0.468 e. The van der Waals surface area contributed by atoms with Gasteiger partial charge in [-0.15, -0.1) is 17.5 Å². The monoisotopic (exact) mass is 480 g/mol. The third kappa shape index (κ3) is 5.39. The number of hydrogen-bond acceptors (Lipinski definition) is 7. The Hall–Kier alpha value is -2.23. The van der Waals surface area contributed by atoms with Gasteiger partial charge in [0.15, 0.2) is 5.78 Å². The van der Waals surface area contributed by atoms with Crippen molar-refractivity contribution in [1.82, 2.24) is 19.9 Å². The van der Waals surface area contributed by atoms with E-state index >= 15 is 0 Å². The second-order valence-electron chi connectivity index (χ2n) is 7.99. The summed E-state index contributed by atoms with van der Waals surface area (Å²) in [5.41, 5.74) is 2.04. The number of nitrogens with zero attached hydrogens (tertiary/aromatic N) is 4. The SMILES string of the molecule is COC(=O)Cn1nncc1C=C1CN(C(C(=O)C2CC2)c2ccccc2F)CCC1S.Cl. The van der Waals surface area contributed by atoms with Gasteiger partial charge in [-0.25, -0.2) is 9.07 Å². The second kappa shape index (κ2) is 10.6. The Kier molecular flexibility index (Phi) is 8.08. The molecule has 0 radical (unpaired) electrons. The zero-order chi connectivity index (χ0) is 22.0. The fraction of sp³-hybridized carbons (Fsp3) is 0.455. The van der Waals surface area contributed by atoms with Crippen LogP contribution in [0.2, 0.25) is 0 Å². The lowest BCUT2D eigenvalue weighted by atomic mass is 9.93. The summed E-state index contributed by atoms with van der Waals surface area (Å²) in [6.07, 6.45) is 5.92. The first kappa shape index (κ1) is 24.4. The van der Waals surface area contributed by atoms with Gasteiger partial charge in [-0.2, -0.15) is 12.6 Å². The van der Waals surface area contributed by atoms with Gasteiger partial charge in [0.2, 0.25) is 0 Å². The Morgan fingerprint density at radius 2 is 2.06 bits per heavy atom. The molecule has 1 aliphatic heterocycles. The Balaban J connectivity index is 0.00000289. The van der Waals surface area contributed by atoms with E-state index in [2.05, 4.69) is 10.3 Å². The van der Waals surface area contributed by atoms with Gasteiger partial charge in [-0.1, -0.05) is 23.4 Å². The summed E-state index contributed by atoms with van der Waals surface area (Å²) in [6.45, 7) is 1.06. The molecule has 2 heterocycles. The number of carbonyl (C=O) groups excluding carboxylic acids is 2. The lowest BCUT2D eigenvalue weighted by Gasteiger charge is -2.37. The molecule has 2 atom stereocenters. The number of thiol groups is 1. The highest BCUT2D eigenvalue weighted by Gasteiger charge is 2.40. The molecule has 10 heteroatoms. The number of likely N-dealkylation sites (tertiary alicyclic amines) is 1. The Morgan fingerprint density at radius 3 is 2.75 bits per heavy atom. The molecule has 1 saturated carbocycles. The minimum atomic E-state index is -0.615. The molecule has 1 aliphatic carbocycles. The van der Waals surface area contributed by atoms with Crippen molar-refractivity contribution in [1.29, 1.82) is 0 Å². The molecule has 1 aromatic heterocycles. The van der Waals surface area contributed by atoms with Crippen LogP contribution in [0.5, 0.6) is 0 Å². The zero-order valence-corrected chi connectivity index (χ0v) is 19.4. The fourth-order valence-corrected chi connectivity index (χ4v) is 4.22. The van der Waals surface area contributed by atoms with E-state index in [-0.39, 0.29) is 41.7 Å². The first-order chi connectivity index (χ1) is 15.0.